The van der Waals surface area contributed by atoms with Crippen molar-refractivity contribution in [3.63, 3.8) is 0 Å². The fourth-order valence-corrected chi connectivity index (χ4v) is 0.689. The van der Waals surface area contributed by atoms with Crippen LogP contribution >= 0.6 is 0 Å². The van der Waals surface area contributed by atoms with Crippen molar-refractivity contribution in [2.75, 3.05) is 6.61 Å². The number of hydrogen-bond donors (Lipinski definition) is 1. The Labute approximate surface area is 58.7 Å². The van der Waals surface area contributed by atoms with Crippen molar-refractivity contribution < 1.29 is 19.4 Å². The molecular formula is C6H10O4. The summed E-state index contributed by atoms with van der Waals surface area (Å²) in [5.74, 6) is -1.78. The number of ether oxygens (including phenoxy) is 2. The van der Waals surface area contributed by atoms with Crippen LogP contribution in [0.25, 0.3) is 0 Å². The number of aliphatic hydroxyl groups is 1. The van der Waals surface area contributed by atoms with Crippen LogP contribution in [0.3, 0.4) is 0 Å². The predicted octanol–water partition coefficient (Wildman–Crippen LogP) is -0.343. The number of rotatable bonds is 2. The van der Waals surface area contributed by atoms with E-state index in [0.29, 0.717) is 6.61 Å². The molecule has 0 aromatic carbocycles. The van der Waals surface area contributed by atoms with Crippen LogP contribution in [-0.2, 0) is 14.3 Å². The van der Waals surface area contributed by atoms with Crippen molar-refractivity contribution in [2.45, 2.75) is 25.7 Å². The summed E-state index contributed by atoms with van der Waals surface area (Å²) in [6.45, 7) is 3.44. The van der Waals surface area contributed by atoms with Gasteiger partial charge in [-0.3, -0.25) is 0 Å². The number of esters is 1. The molecule has 0 saturated carbocycles. The van der Waals surface area contributed by atoms with Gasteiger partial charge in [0.15, 0.2) is 0 Å². The third-order valence-electron chi connectivity index (χ3n) is 1.29. The highest BCUT2D eigenvalue weighted by molar-refractivity contribution is 5.78. The van der Waals surface area contributed by atoms with Gasteiger partial charge in [-0.1, -0.05) is 0 Å². The van der Waals surface area contributed by atoms with Gasteiger partial charge in [0.25, 0.3) is 0 Å². The molecule has 1 N–H and O–H groups in total. The molecule has 2 atom stereocenters. The largest absolute Gasteiger partial charge is 0.464 e. The fourth-order valence-electron chi connectivity index (χ4n) is 0.689. The highest BCUT2D eigenvalue weighted by Crippen LogP contribution is 2.33. The topological polar surface area (TPSA) is 59.1 Å². The predicted molar refractivity (Wildman–Crippen MR) is 32.1 cm³/mol. The molecule has 0 aliphatic carbocycles. The number of hydrogen-bond acceptors (Lipinski definition) is 4. The third-order valence-corrected chi connectivity index (χ3v) is 1.29. The Bertz CT molecular complexity index is 152. The molecular weight excluding hydrogens is 136 g/mol. The van der Waals surface area contributed by atoms with Gasteiger partial charge in [0, 0.05) is 0 Å². The molecule has 0 spiro atoms. The summed E-state index contributed by atoms with van der Waals surface area (Å²) >= 11 is 0. The van der Waals surface area contributed by atoms with Crippen LogP contribution in [0.5, 0.6) is 0 Å². The SMILES string of the molecule is CCOC(=O)C1OC1(C)O. The first kappa shape index (κ1) is 7.50. The summed E-state index contributed by atoms with van der Waals surface area (Å²) in [6, 6.07) is 0. The van der Waals surface area contributed by atoms with Crippen LogP contribution in [0.2, 0.25) is 0 Å². The maximum atomic E-state index is 10.7. The van der Waals surface area contributed by atoms with Crippen LogP contribution < -0.4 is 0 Å². The number of epoxide rings is 1. The third kappa shape index (κ3) is 1.27. The van der Waals surface area contributed by atoms with Gasteiger partial charge >= 0.3 is 5.97 Å². The molecule has 2 unspecified atom stereocenters. The minimum atomic E-state index is -1.29. The van der Waals surface area contributed by atoms with Gasteiger partial charge in [0.1, 0.15) is 0 Å². The fraction of sp³-hybridized carbons (Fsp3) is 0.833. The van der Waals surface area contributed by atoms with Gasteiger partial charge in [-0.25, -0.2) is 4.79 Å². The maximum Gasteiger partial charge on any atom is 0.341 e. The van der Waals surface area contributed by atoms with Crippen LogP contribution in [0.4, 0.5) is 0 Å². The normalized spacial score (nSPS) is 37.3. The van der Waals surface area contributed by atoms with Crippen LogP contribution in [0.15, 0.2) is 0 Å². The summed E-state index contributed by atoms with van der Waals surface area (Å²) in [6.07, 6.45) is -0.771. The molecule has 1 aliphatic heterocycles. The second kappa shape index (κ2) is 2.21. The molecule has 1 rings (SSSR count). The molecule has 1 heterocycles. The first-order valence-electron chi connectivity index (χ1n) is 3.14. The summed E-state index contributed by atoms with van der Waals surface area (Å²) in [5.41, 5.74) is 0. The average molecular weight is 146 g/mol. The minimum absolute atomic E-state index is 0.314. The van der Waals surface area contributed by atoms with E-state index in [4.69, 9.17) is 5.11 Å². The second-order valence-corrected chi connectivity index (χ2v) is 2.30. The molecule has 1 aliphatic rings. The first-order valence-corrected chi connectivity index (χ1v) is 3.14. The van der Waals surface area contributed by atoms with E-state index in [1.165, 1.54) is 6.92 Å². The molecule has 0 bridgehead atoms. The minimum Gasteiger partial charge on any atom is -0.464 e. The van der Waals surface area contributed by atoms with Crippen LogP contribution in [-0.4, -0.2) is 29.6 Å². The van der Waals surface area contributed by atoms with Crippen molar-refractivity contribution in [1.82, 2.24) is 0 Å². The van der Waals surface area contributed by atoms with Crippen molar-refractivity contribution in [2.24, 2.45) is 0 Å². The van der Waals surface area contributed by atoms with Gasteiger partial charge in [0.2, 0.25) is 11.9 Å². The highest BCUT2D eigenvalue weighted by Gasteiger charge is 2.57. The first-order chi connectivity index (χ1) is 4.58. The van der Waals surface area contributed by atoms with Crippen molar-refractivity contribution >= 4 is 5.97 Å². The molecule has 4 nitrogen and oxygen atoms in total. The molecule has 1 saturated heterocycles. The van der Waals surface area contributed by atoms with Gasteiger partial charge in [-0.05, 0) is 13.8 Å². The van der Waals surface area contributed by atoms with Gasteiger partial charge in [-0.15, -0.1) is 0 Å². The summed E-state index contributed by atoms with van der Waals surface area (Å²) in [5, 5.41) is 8.97. The second-order valence-electron chi connectivity index (χ2n) is 2.30. The zero-order chi connectivity index (χ0) is 7.78. The Morgan fingerprint density at radius 2 is 2.40 bits per heavy atom. The molecule has 4 heteroatoms. The zero-order valence-electron chi connectivity index (χ0n) is 5.96. The molecule has 58 valence electrons. The average Bonchev–Trinajstić information content (AvgIpc) is 2.41. The standard InChI is InChI=1S/C6H10O4/c1-3-9-5(7)4-6(2,8)10-4/h4,8H,3H2,1-2H3. The zero-order valence-corrected chi connectivity index (χ0v) is 5.96. The van der Waals surface area contributed by atoms with E-state index in [2.05, 4.69) is 9.47 Å². The van der Waals surface area contributed by atoms with Crippen LogP contribution in [0.1, 0.15) is 13.8 Å². The molecule has 1 fully saturated rings. The lowest BCUT2D eigenvalue weighted by molar-refractivity contribution is -0.144. The summed E-state index contributed by atoms with van der Waals surface area (Å²) in [7, 11) is 0. The Hall–Kier alpha value is -0.610. The van der Waals surface area contributed by atoms with E-state index in [1.807, 2.05) is 0 Å². The quantitative estimate of drug-likeness (QED) is 0.427. The number of carbonyl (C=O) groups is 1. The van der Waals surface area contributed by atoms with E-state index in [1.54, 1.807) is 6.92 Å². The van der Waals surface area contributed by atoms with E-state index in [0.717, 1.165) is 0 Å². The summed E-state index contributed by atoms with van der Waals surface area (Å²) < 4.78 is 9.18. The summed E-state index contributed by atoms with van der Waals surface area (Å²) in [4.78, 5) is 10.7. The van der Waals surface area contributed by atoms with Gasteiger partial charge in [0.05, 0.1) is 6.61 Å². The molecule has 0 aromatic heterocycles. The molecule has 10 heavy (non-hydrogen) atoms. The van der Waals surface area contributed by atoms with E-state index in [9.17, 15) is 4.79 Å². The van der Waals surface area contributed by atoms with E-state index >= 15 is 0 Å². The van der Waals surface area contributed by atoms with Crippen molar-refractivity contribution in [1.29, 1.82) is 0 Å². The maximum absolute atomic E-state index is 10.7. The Morgan fingerprint density at radius 3 is 2.70 bits per heavy atom. The van der Waals surface area contributed by atoms with Crippen LogP contribution in [0, 0.1) is 0 Å². The lowest BCUT2D eigenvalue weighted by atomic mass is 10.3. The Morgan fingerprint density at radius 1 is 1.90 bits per heavy atom. The number of carbonyl (C=O) groups excluding carboxylic acids is 1. The van der Waals surface area contributed by atoms with Crippen molar-refractivity contribution in [3.8, 4) is 0 Å². The smallest absolute Gasteiger partial charge is 0.341 e. The Balaban J connectivity index is 2.33. The molecule has 0 amide bonds. The van der Waals surface area contributed by atoms with E-state index < -0.39 is 17.9 Å². The van der Waals surface area contributed by atoms with Gasteiger partial charge < -0.3 is 14.6 Å². The lowest BCUT2D eigenvalue weighted by Crippen LogP contribution is -2.19. The Kier molecular flexibility index (Phi) is 1.66. The van der Waals surface area contributed by atoms with Crippen molar-refractivity contribution in [3.05, 3.63) is 0 Å². The molecule has 0 aromatic rings. The van der Waals surface area contributed by atoms with E-state index in [-0.39, 0.29) is 0 Å². The lowest BCUT2D eigenvalue weighted by Gasteiger charge is -1.96. The molecule has 0 radical (unpaired) electrons. The highest BCUT2D eigenvalue weighted by atomic mass is 16.8. The van der Waals surface area contributed by atoms with Gasteiger partial charge in [-0.2, -0.15) is 0 Å². The monoisotopic (exact) mass is 146 g/mol.